The minimum atomic E-state index is -0.235. The third-order valence-corrected chi connectivity index (χ3v) is 3.22. The molecule has 0 aromatic rings. The Morgan fingerprint density at radius 2 is 1.93 bits per heavy atom. The van der Waals surface area contributed by atoms with Gasteiger partial charge in [0.25, 0.3) is 0 Å². The van der Waals surface area contributed by atoms with E-state index in [4.69, 9.17) is 6.42 Å². The lowest BCUT2D eigenvalue weighted by Crippen LogP contribution is -2.17. The van der Waals surface area contributed by atoms with E-state index in [2.05, 4.69) is 33.6 Å². The van der Waals surface area contributed by atoms with Crippen molar-refractivity contribution < 1.29 is 4.79 Å². The number of carbonyl (C=O) groups excluding carboxylic acids is 1. The van der Waals surface area contributed by atoms with Crippen LogP contribution in [0.25, 0.3) is 0 Å². The van der Waals surface area contributed by atoms with E-state index in [1.807, 2.05) is 6.08 Å². The molecule has 0 radical (unpaired) electrons. The van der Waals surface area contributed by atoms with E-state index in [9.17, 15) is 4.79 Å². The van der Waals surface area contributed by atoms with Gasteiger partial charge in [0.1, 0.15) is 0 Å². The van der Waals surface area contributed by atoms with E-state index in [-0.39, 0.29) is 5.78 Å². The Morgan fingerprint density at radius 3 is 2.33 bits per heavy atom. The van der Waals surface area contributed by atoms with Crippen molar-refractivity contribution in [3.8, 4) is 12.3 Å². The van der Waals surface area contributed by atoms with Crippen LogP contribution in [-0.4, -0.2) is 5.78 Å². The van der Waals surface area contributed by atoms with Crippen molar-refractivity contribution in [1.82, 2.24) is 0 Å². The molecule has 0 spiro atoms. The van der Waals surface area contributed by atoms with Gasteiger partial charge in [0.05, 0.1) is 0 Å². The first kappa shape index (κ1) is 14.0. The van der Waals surface area contributed by atoms with Gasteiger partial charge in [-0.3, -0.25) is 4.79 Å². The lowest BCUT2D eigenvalue weighted by molar-refractivity contribution is -0.109. The molecule has 0 fully saturated rings. The zero-order valence-electron chi connectivity index (χ0n) is 10.3. The Labute approximate surface area is 94.0 Å². The molecule has 3 unspecified atom stereocenters. The minimum Gasteiger partial charge on any atom is -0.280 e. The van der Waals surface area contributed by atoms with Crippen LogP contribution in [0.15, 0.2) is 12.2 Å². The second-order valence-electron chi connectivity index (χ2n) is 4.18. The Balaban J connectivity index is 4.40. The van der Waals surface area contributed by atoms with E-state index in [1.165, 1.54) is 12.5 Å². The molecule has 0 aliphatic heterocycles. The van der Waals surface area contributed by atoms with Crippen LogP contribution in [0.3, 0.4) is 0 Å². The summed E-state index contributed by atoms with van der Waals surface area (Å²) in [6, 6.07) is 0. The maximum atomic E-state index is 10.9. The number of rotatable bonds is 6. The third-order valence-electron chi connectivity index (χ3n) is 3.22. The number of hydrogen-bond donors (Lipinski definition) is 0. The highest BCUT2D eigenvalue weighted by molar-refractivity contribution is 6.03. The largest absolute Gasteiger partial charge is 0.280 e. The second-order valence-corrected chi connectivity index (χ2v) is 4.18. The summed E-state index contributed by atoms with van der Waals surface area (Å²) < 4.78 is 0. The first-order valence-corrected chi connectivity index (χ1v) is 5.75. The number of terminal acetylenes is 1. The average molecular weight is 206 g/mol. The summed E-state index contributed by atoms with van der Waals surface area (Å²) in [4.78, 5) is 10.9. The lowest BCUT2D eigenvalue weighted by Gasteiger charge is -2.25. The quantitative estimate of drug-likeness (QED) is 0.369. The zero-order chi connectivity index (χ0) is 11.8. The molecule has 0 aliphatic carbocycles. The van der Waals surface area contributed by atoms with Gasteiger partial charge in [-0.15, -0.1) is 6.42 Å². The molecule has 1 heteroatoms. The van der Waals surface area contributed by atoms with Gasteiger partial charge < -0.3 is 0 Å². The maximum Gasteiger partial charge on any atom is 0.228 e. The summed E-state index contributed by atoms with van der Waals surface area (Å²) in [7, 11) is 0. The molecule has 0 amide bonds. The van der Waals surface area contributed by atoms with Gasteiger partial charge in [-0.2, -0.15) is 0 Å². The summed E-state index contributed by atoms with van der Waals surface area (Å²) in [5, 5.41) is 0. The Bertz CT molecular complexity index is 257. The normalized spacial score (nSPS) is 17.0. The molecular formula is C14H22O. The average Bonchev–Trinajstić information content (AvgIpc) is 2.26. The predicted molar refractivity (Wildman–Crippen MR) is 65.4 cm³/mol. The topological polar surface area (TPSA) is 17.1 Å². The Kier molecular flexibility index (Phi) is 6.79. The molecule has 84 valence electrons. The first-order valence-electron chi connectivity index (χ1n) is 5.75. The van der Waals surface area contributed by atoms with Gasteiger partial charge in [-0.1, -0.05) is 46.6 Å². The van der Waals surface area contributed by atoms with Crippen LogP contribution in [0.4, 0.5) is 0 Å². The molecule has 1 nitrogen and oxygen atoms in total. The molecular weight excluding hydrogens is 184 g/mol. The fraction of sp³-hybridized carbons (Fsp3) is 0.643. The van der Waals surface area contributed by atoms with Crippen molar-refractivity contribution in [2.75, 3.05) is 0 Å². The Morgan fingerprint density at radius 1 is 1.33 bits per heavy atom. The number of ketones is 1. The van der Waals surface area contributed by atoms with Gasteiger partial charge in [0.2, 0.25) is 5.78 Å². The molecule has 0 aromatic heterocycles. The van der Waals surface area contributed by atoms with Crippen LogP contribution in [-0.2, 0) is 4.79 Å². The van der Waals surface area contributed by atoms with E-state index in [0.717, 1.165) is 6.42 Å². The van der Waals surface area contributed by atoms with Gasteiger partial charge >= 0.3 is 0 Å². The first-order chi connectivity index (χ1) is 7.06. The summed E-state index contributed by atoms with van der Waals surface area (Å²) in [5.74, 6) is 3.60. The van der Waals surface area contributed by atoms with Crippen LogP contribution in [0, 0.1) is 30.1 Å². The highest BCUT2D eigenvalue weighted by Gasteiger charge is 2.18. The number of hydrogen-bond acceptors (Lipinski definition) is 1. The third kappa shape index (κ3) is 4.83. The summed E-state index contributed by atoms with van der Waals surface area (Å²) in [6.45, 7) is 8.82. The van der Waals surface area contributed by atoms with Crippen LogP contribution in [0.2, 0.25) is 0 Å². The fourth-order valence-electron chi connectivity index (χ4n) is 2.03. The van der Waals surface area contributed by atoms with E-state index < -0.39 is 0 Å². The van der Waals surface area contributed by atoms with Gasteiger partial charge in [-0.05, 0) is 29.8 Å². The van der Waals surface area contributed by atoms with E-state index in [0.29, 0.717) is 17.8 Å². The summed E-state index contributed by atoms with van der Waals surface area (Å²) in [5.41, 5.74) is 0. The van der Waals surface area contributed by atoms with Crippen LogP contribution >= 0.6 is 0 Å². The van der Waals surface area contributed by atoms with E-state index in [1.54, 1.807) is 0 Å². The van der Waals surface area contributed by atoms with Gasteiger partial charge in [-0.25, -0.2) is 0 Å². The lowest BCUT2D eigenvalue weighted by atomic mass is 9.80. The molecule has 0 saturated heterocycles. The minimum absolute atomic E-state index is 0.235. The molecule has 0 heterocycles. The standard InChI is InChI=1S/C14H22O/c1-6-11(4)14(8-3)12(5)9-10-13(15)7-2/h2,9-12,14H,6,8H2,1,3-5H3/b10-9-. The van der Waals surface area contributed by atoms with E-state index >= 15 is 0 Å². The van der Waals surface area contributed by atoms with Crippen molar-refractivity contribution in [2.45, 2.75) is 40.5 Å². The monoisotopic (exact) mass is 206 g/mol. The zero-order valence-corrected chi connectivity index (χ0v) is 10.3. The smallest absolute Gasteiger partial charge is 0.228 e. The molecule has 0 saturated carbocycles. The van der Waals surface area contributed by atoms with Crippen LogP contribution < -0.4 is 0 Å². The molecule has 0 rings (SSSR count). The second kappa shape index (κ2) is 7.29. The van der Waals surface area contributed by atoms with Crippen LogP contribution in [0.1, 0.15) is 40.5 Å². The van der Waals surface area contributed by atoms with Crippen molar-refractivity contribution in [2.24, 2.45) is 17.8 Å². The maximum absolute atomic E-state index is 10.9. The highest BCUT2D eigenvalue weighted by atomic mass is 16.1. The molecule has 15 heavy (non-hydrogen) atoms. The van der Waals surface area contributed by atoms with Gasteiger partial charge in [0.15, 0.2) is 0 Å². The molecule has 3 atom stereocenters. The Hall–Kier alpha value is -1.03. The molecule has 0 aromatic carbocycles. The summed E-state index contributed by atoms with van der Waals surface area (Å²) in [6.07, 6.45) is 10.8. The van der Waals surface area contributed by atoms with Crippen molar-refractivity contribution in [3.05, 3.63) is 12.2 Å². The van der Waals surface area contributed by atoms with Crippen LogP contribution in [0.5, 0.6) is 0 Å². The molecule has 0 N–H and O–H groups in total. The number of carbonyl (C=O) groups is 1. The molecule has 0 bridgehead atoms. The highest BCUT2D eigenvalue weighted by Crippen LogP contribution is 2.27. The fourth-order valence-corrected chi connectivity index (χ4v) is 2.03. The van der Waals surface area contributed by atoms with Crippen molar-refractivity contribution >= 4 is 5.78 Å². The SMILES string of the molecule is C#CC(=O)/C=C\C(C)C(CC)C(C)CC. The molecule has 0 aliphatic rings. The van der Waals surface area contributed by atoms with Crippen molar-refractivity contribution in [3.63, 3.8) is 0 Å². The predicted octanol–water partition coefficient (Wildman–Crippen LogP) is 3.45. The summed E-state index contributed by atoms with van der Waals surface area (Å²) >= 11 is 0. The van der Waals surface area contributed by atoms with Gasteiger partial charge in [0, 0.05) is 0 Å². The van der Waals surface area contributed by atoms with Crippen molar-refractivity contribution in [1.29, 1.82) is 0 Å². The number of allylic oxidation sites excluding steroid dienone is 2.